The predicted molar refractivity (Wildman–Crippen MR) is 71.2 cm³/mol. The van der Waals surface area contributed by atoms with E-state index < -0.39 is 0 Å². The van der Waals surface area contributed by atoms with Gasteiger partial charge in [-0.3, -0.25) is 0 Å². The summed E-state index contributed by atoms with van der Waals surface area (Å²) in [7, 11) is 0. The molecule has 0 aliphatic heterocycles. The van der Waals surface area contributed by atoms with Crippen LogP contribution in [-0.2, 0) is 26.2 Å². The molecule has 0 fully saturated rings. The minimum absolute atomic E-state index is 0. The standard InChI is InChI=1S/C15H14N.2ClH.Zr/c1-2-16-13-7-8-15-12(10-13)9-11-5-3-4-6-14(11)15;;;/h3-10,16H,2H2,1H3;2*1H;/q-1;;;+3/p-2. The first kappa shape index (κ1) is 18.6. The zero-order valence-electron chi connectivity index (χ0n) is 10.6. The van der Waals surface area contributed by atoms with E-state index in [1.807, 2.05) is 0 Å². The molecular weight excluding hydrogens is 356 g/mol. The summed E-state index contributed by atoms with van der Waals surface area (Å²) in [5.41, 5.74) is 1.20. The quantitative estimate of drug-likeness (QED) is 0.523. The van der Waals surface area contributed by atoms with Gasteiger partial charge in [-0.05, 0) is 12.6 Å². The van der Waals surface area contributed by atoms with Gasteiger partial charge in [0.2, 0.25) is 0 Å². The van der Waals surface area contributed by atoms with Gasteiger partial charge in [0.1, 0.15) is 0 Å². The number of hydrogen-bond acceptors (Lipinski definition) is 1. The maximum Gasteiger partial charge on any atom is 3.00 e. The summed E-state index contributed by atoms with van der Waals surface area (Å²) in [6.45, 7) is 3.08. The van der Waals surface area contributed by atoms with Crippen molar-refractivity contribution in [1.29, 1.82) is 0 Å². The smallest absolute Gasteiger partial charge is 1.00 e. The molecule has 19 heavy (non-hydrogen) atoms. The minimum Gasteiger partial charge on any atom is -1.00 e. The maximum absolute atomic E-state index is 3.34. The largest absolute Gasteiger partial charge is 3.00 e. The van der Waals surface area contributed by atoms with Gasteiger partial charge in [-0.15, -0.1) is 33.7 Å². The number of nitrogens with one attached hydrogen (secondary N) is 1. The van der Waals surface area contributed by atoms with Crippen LogP contribution >= 0.6 is 0 Å². The Kier molecular flexibility index (Phi) is 7.81. The van der Waals surface area contributed by atoms with Crippen LogP contribution in [0.2, 0.25) is 0 Å². The van der Waals surface area contributed by atoms with Gasteiger partial charge in [0.05, 0.1) is 0 Å². The molecule has 1 radical (unpaired) electrons. The summed E-state index contributed by atoms with van der Waals surface area (Å²) < 4.78 is 0. The first-order valence-electron chi connectivity index (χ1n) is 5.70. The van der Waals surface area contributed by atoms with Gasteiger partial charge in [-0.25, -0.2) is 0 Å². The van der Waals surface area contributed by atoms with Crippen LogP contribution in [0.25, 0.3) is 21.5 Å². The SMILES string of the molecule is CCNc1ccc2c(c1)[cH-]c1ccccc12.[Cl-].[Cl-].[Zr+3]. The van der Waals surface area contributed by atoms with Crippen molar-refractivity contribution in [2.75, 3.05) is 11.9 Å². The van der Waals surface area contributed by atoms with Crippen molar-refractivity contribution in [2.45, 2.75) is 6.92 Å². The fourth-order valence-corrected chi connectivity index (χ4v) is 2.28. The van der Waals surface area contributed by atoms with Gasteiger partial charge in [0.25, 0.3) is 0 Å². The van der Waals surface area contributed by atoms with E-state index in [1.54, 1.807) is 0 Å². The van der Waals surface area contributed by atoms with Gasteiger partial charge < -0.3 is 30.1 Å². The Hall–Kier alpha value is -0.427. The van der Waals surface area contributed by atoms with Crippen molar-refractivity contribution in [2.24, 2.45) is 0 Å². The molecule has 0 saturated carbocycles. The van der Waals surface area contributed by atoms with Crippen molar-refractivity contribution < 1.29 is 51.0 Å². The second-order valence-electron chi connectivity index (χ2n) is 4.06. The van der Waals surface area contributed by atoms with E-state index in [0.29, 0.717) is 0 Å². The molecule has 0 saturated heterocycles. The number of anilines is 1. The van der Waals surface area contributed by atoms with E-state index >= 15 is 0 Å². The molecule has 3 aromatic carbocycles. The van der Waals surface area contributed by atoms with Crippen LogP contribution in [0.3, 0.4) is 0 Å². The number of hydrogen-bond donors (Lipinski definition) is 1. The fraction of sp³-hybridized carbons (Fsp3) is 0.133. The predicted octanol–water partition coefficient (Wildman–Crippen LogP) is -1.85. The fourth-order valence-electron chi connectivity index (χ4n) is 2.28. The third-order valence-electron chi connectivity index (χ3n) is 2.99. The van der Waals surface area contributed by atoms with Gasteiger partial charge in [-0.1, -0.05) is 36.4 Å². The summed E-state index contributed by atoms with van der Waals surface area (Å²) in [6, 6.07) is 17.4. The Bertz CT molecular complexity index is 649. The Morgan fingerprint density at radius 2 is 1.63 bits per heavy atom. The molecule has 0 atom stereocenters. The van der Waals surface area contributed by atoms with Crippen molar-refractivity contribution >= 4 is 27.2 Å². The average molecular weight is 370 g/mol. The van der Waals surface area contributed by atoms with Crippen LogP contribution in [0.1, 0.15) is 6.92 Å². The molecule has 1 N–H and O–H groups in total. The van der Waals surface area contributed by atoms with Gasteiger partial charge >= 0.3 is 26.2 Å². The van der Waals surface area contributed by atoms with Gasteiger partial charge in [-0.2, -0.15) is 0 Å². The summed E-state index contributed by atoms with van der Waals surface area (Å²) in [5.74, 6) is 0. The minimum atomic E-state index is 0. The second kappa shape index (κ2) is 7.99. The molecule has 0 aliphatic rings. The third-order valence-corrected chi connectivity index (χ3v) is 2.99. The monoisotopic (exact) mass is 368 g/mol. The Morgan fingerprint density at radius 1 is 0.947 bits per heavy atom. The average Bonchev–Trinajstić information content (AvgIpc) is 2.67. The second-order valence-corrected chi connectivity index (χ2v) is 4.06. The Labute approximate surface area is 145 Å². The number of rotatable bonds is 2. The normalized spacial score (nSPS) is 9.32. The van der Waals surface area contributed by atoms with Gasteiger partial charge in [0, 0.05) is 6.54 Å². The molecular formula is C15H14Cl2NZr. The summed E-state index contributed by atoms with van der Waals surface area (Å²) in [4.78, 5) is 0. The summed E-state index contributed by atoms with van der Waals surface area (Å²) in [5, 5.41) is 8.68. The number of fused-ring (bicyclic) bond motifs is 3. The van der Waals surface area contributed by atoms with E-state index in [1.165, 1.54) is 27.2 Å². The molecule has 3 rings (SSSR count). The van der Waals surface area contributed by atoms with Gasteiger partial charge in [0.15, 0.2) is 0 Å². The van der Waals surface area contributed by atoms with Crippen LogP contribution in [0, 0.1) is 0 Å². The summed E-state index contributed by atoms with van der Waals surface area (Å²) in [6.07, 6.45) is 0. The molecule has 1 nitrogen and oxygen atoms in total. The molecule has 0 spiro atoms. The van der Waals surface area contributed by atoms with E-state index in [9.17, 15) is 0 Å². The molecule has 0 aromatic heterocycles. The number of benzene rings is 2. The molecule has 0 heterocycles. The van der Waals surface area contributed by atoms with Crippen molar-refractivity contribution in [3.63, 3.8) is 0 Å². The van der Waals surface area contributed by atoms with Crippen LogP contribution < -0.4 is 30.1 Å². The zero-order valence-corrected chi connectivity index (χ0v) is 14.6. The van der Waals surface area contributed by atoms with E-state index in [2.05, 4.69) is 60.8 Å². The first-order valence-corrected chi connectivity index (χ1v) is 5.70. The van der Waals surface area contributed by atoms with Crippen molar-refractivity contribution in [1.82, 2.24) is 0 Å². The van der Waals surface area contributed by atoms with Crippen LogP contribution in [0.15, 0.2) is 48.5 Å². The molecule has 0 amide bonds. The van der Waals surface area contributed by atoms with Crippen molar-refractivity contribution in [3.8, 4) is 0 Å². The molecule has 0 bridgehead atoms. The molecule has 97 valence electrons. The topological polar surface area (TPSA) is 12.0 Å². The van der Waals surface area contributed by atoms with Crippen LogP contribution in [0.5, 0.6) is 0 Å². The van der Waals surface area contributed by atoms with Crippen LogP contribution in [-0.4, -0.2) is 6.54 Å². The molecule has 0 unspecified atom stereocenters. The Morgan fingerprint density at radius 3 is 2.37 bits per heavy atom. The molecule has 0 aliphatic carbocycles. The summed E-state index contributed by atoms with van der Waals surface area (Å²) >= 11 is 0. The van der Waals surface area contributed by atoms with E-state index in [-0.39, 0.29) is 51.0 Å². The maximum atomic E-state index is 3.34. The van der Waals surface area contributed by atoms with Crippen molar-refractivity contribution in [3.05, 3.63) is 48.5 Å². The first-order chi connectivity index (χ1) is 7.88. The Balaban J connectivity index is 0.00000108. The third kappa shape index (κ3) is 3.57. The van der Waals surface area contributed by atoms with E-state index in [0.717, 1.165) is 6.54 Å². The number of halogens is 2. The zero-order chi connectivity index (χ0) is 11.0. The van der Waals surface area contributed by atoms with Crippen LogP contribution in [0.4, 0.5) is 5.69 Å². The molecule has 4 heteroatoms. The van der Waals surface area contributed by atoms with E-state index in [4.69, 9.17) is 0 Å². The molecule has 3 aromatic rings.